The molecule has 0 aromatic carbocycles. The Morgan fingerprint density at radius 3 is 2.56 bits per heavy atom. The first-order chi connectivity index (χ1) is 7.51. The van der Waals surface area contributed by atoms with Crippen LogP contribution in [0.25, 0.3) is 0 Å². The van der Waals surface area contributed by atoms with Crippen LogP contribution < -0.4 is 5.32 Å². The maximum absolute atomic E-state index is 10.9. The molecule has 1 aliphatic rings. The van der Waals surface area contributed by atoms with Crippen molar-refractivity contribution in [3.05, 3.63) is 0 Å². The van der Waals surface area contributed by atoms with Gasteiger partial charge >= 0.3 is 0 Å². The Balaban J connectivity index is 2.78. The Labute approximate surface area is 93.0 Å². The number of carbonyl (C=O) groups excluding carboxylic acids is 1. The van der Waals surface area contributed by atoms with Gasteiger partial charge in [-0.1, -0.05) is 0 Å². The van der Waals surface area contributed by atoms with E-state index in [2.05, 4.69) is 5.32 Å². The van der Waals surface area contributed by atoms with Crippen molar-refractivity contribution in [3.8, 4) is 0 Å². The average Bonchev–Trinajstić information content (AvgIpc) is 2.23. The van der Waals surface area contributed by atoms with E-state index in [1.54, 1.807) is 0 Å². The number of ether oxygens (including phenoxy) is 2. The average molecular weight is 235 g/mol. The number of methoxy groups -OCH3 is 1. The molecule has 0 aliphatic carbocycles. The third-order valence-electron chi connectivity index (χ3n) is 2.51. The van der Waals surface area contributed by atoms with Crippen molar-refractivity contribution in [1.82, 2.24) is 5.32 Å². The third-order valence-corrected chi connectivity index (χ3v) is 2.51. The van der Waals surface area contributed by atoms with Gasteiger partial charge in [-0.25, -0.2) is 0 Å². The summed E-state index contributed by atoms with van der Waals surface area (Å²) < 4.78 is 9.96. The molecule has 1 aliphatic heterocycles. The molecule has 7 heteroatoms. The topological polar surface area (TPSA) is 108 Å². The highest BCUT2D eigenvalue weighted by Gasteiger charge is 2.45. The van der Waals surface area contributed by atoms with Crippen LogP contribution in [-0.2, 0) is 14.3 Å². The number of hydrogen-bond acceptors (Lipinski definition) is 6. The van der Waals surface area contributed by atoms with Crippen LogP contribution in [0.5, 0.6) is 0 Å². The van der Waals surface area contributed by atoms with Gasteiger partial charge in [0.25, 0.3) is 0 Å². The maximum Gasteiger partial charge on any atom is 0.217 e. The van der Waals surface area contributed by atoms with E-state index < -0.39 is 37.3 Å². The van der Waals surface area contributed by atoms with Crippen LogP contribution in [-0.4, -0.2) is 65.6 Å². The Kier molecular flexibility index (Phi) is 4.63. The van der Waals surface area contributed by atoms with Crippen LogP contribution in [0, 0.1) is 0 Å². The van der Waals surface area contributed by atoms with E-state index in [0.29, 0.717) is 0 Å². The molecule has 1 heterocycles. The van der Waals surface area contributed by atoms with E-state index in [9.17, 15) is 15.0 Å². The second kappa shape index (κ2) is 5.55. The van der Waals surface area contributed by atoms with Crippen molar-refractivity contribution in [2.45, 2.75) is 37.6 Å². The van der Waals surface area contributed by atoms with Crippen molar-refractivity contribution in [2.75, 3.05) is 13.7 Å². The standard InChI is InChI=1S/C9H17NO6/c1-4(12)10-6-8(15-2)7(13)5(3-11)16-9(6)14/h5-9,11,13-14H,3H2,1-2H3,(H,10,12)/t5-,6-,7+,8+,9+/m0/s1. The van der Waals surface area contributed by atoms with Crippen molar-refractivity contribution in [2.24, 2.45) is 0 Å². The van der Waals surface area contributed by atoms with Crippen molar-refractivity contribution < 1.29 is 29.6 Å². The lowest BCUT2D eigenvalue weighted by Gasteiger charge is -2.41. The van der Waals surface area contributed by atoms with Gasteiger partial charge in [-0.2, -0.15) is 0 Å². The van der Waals surface area contributed by atoms with E-state index in [1.165, 1.54) is 14.0 Å². The second-order valence-corrected chi connectivity index (χ2v) is 3.66. The van der Waals surface area contributed by atoms with Gasteiger partial charge in [0.15, 0.2) is 6.29 Å². The van der Waals surface area contributed by atoms with E-state index in [4.69, 9.17) is 14.6 Å². The molecule has 0 saturated carbocycles. The summed E-state index contributed by atoms with van der Waals surface area (Å²) in [5.41, 5.74) is 0. The summed E-state index contributed by atoms with van der Waals surface area (Å²) in [6.07, 6.45) is -4.19. The maximum atomic E-state index is 10.9. The van der Waals surface area contributed by atoms with E-state index in [1.807, 2.05) is 0 Å². The zero-order valence-corrected chi connectivity index (χ0v) is 9.16. The summed E-state index contributed by atoms with van der Waals surface area (Å²) in [7, 11) is 1.34. The van der Waals surface area contributed by atoms with Gasteiger partial charge in [-0.05, 0) is 0 Å². The molecule has 1 rings (SSSR count). The minimum absolute atomic E-state index is 0.371. The highest BCUT2D eigenvalue weighted by molar-refractivity contribution is 5.73. The number of nitrogens with one attached hydrogen (secondary N) is 1. The zero-order valence-electron chi connectivity index (χ0n) is 9.16. The summed E-state index contributed by atoms with van der Waals surface area (Å²) in [5.74, 6) is -0.371. The fourth-order valence-corrected chi connectivity index (χ4v) is 1.76. The van der Waals surface area contributed by atoms with Gasteiger partial charge in [-0.3, -0.25) is 4.79 Å². The summed E-state index contributed by atoms with van der Waals surface area (Å²) in [6, 6.07) is -0.861. The number of aliphatic hydroxyl groups is 3. The third kappa shape index (κ3) is 2.69. The summed E-state index contributed by atoms with van der Waals surface area (Å²) in [5, 5.41) is 30.7. The normalized spacial score (nSPS) is 39.4. The Morgan fingerprint density at radius 2 is 2.12 bits per heavy atom. The van der Waals surface area contributed by atoms with Gasteiger partial charge in [0.05, 0.1) is 6.61 Å². The van der Waals surface area contributed by atoms with Crippen LogP contribution in [0.15, 0.2) is 0 Å². The van der Waals surface area contributed by atoms with Gasteiger partial charge < -0.3 is 30.1 Å². The van der Waals surface area contributed by atoms with Crippen LogP contribution in [0.3, 0.4) is 0 Å². The first kappa shape index (κ1) is 13.3. The molecule has 0 aromatic rings. The number of rotatable bonds is 3. The van der Waals surface area contributed by atoms with Crippen molar-refractivity contribution in [1.29, 1.82) is 0 Å². The van der Waals surface area contributed by atoms with E-state index in [-0.39, 0.29) is 5.91 Å². The molecule has 1 amide bonds. The highest BCUT2D eigenvalue weighted by Crippen LogP contribution is 2.21. The van der Waals surface area contributed by atoms with Crippen molar-refractivity contribution >= 4 is 5.91 Å². The quantitative estimate of drug-likeness (QED) is 0.433. The molecule has 94 valence electrons. The summed E-state index contributed by atoms with van der Waals surface area (Å²) >= 11 is 0. The fourth-order valence-electron chi connectivity index (χ4n) is 1.76. The molecular weight excluding hydrogens is 218 g/mol. The Hall–Kier alpha value is -0.730. The lowest BCUT2D eigenvalue weighted by atomic mass is 9.97. The summed E-state index contributed by atoms with van der Waals surface area (Å²) in [6.45, 7) is 0.842. The van der Waals surface area contributed by atoms with Crippen LogP contribution >= 0.6 is 0 Å². The number of hydrogen-bond donors (Lipinski definition) is 4. The zero-order chi connectivity index (χ0) is 12.3. The monoisotopic (exact) mass is 235 g/mol. The lowest BCUT2D eigenvalue weighted by molar-refractivity contribution is -0.258. The van der Waals surface area contributed by atoms with E-state index >= 15 is 0 Å². The Morgan fingerprint density at radius 1 is 1.50 bits per heavy atom. The van der Waals surface area contributed by atoms with Gasteiger partial charge in [-0.15, -0.1) is 0 Å². The van der Waals surface area contributed by atoms with Crippen LogP contribution in [0.1, 0.15) is 6.92 Å². The summed E-state index contributed by atoms with van der Waals surface area (Å²) in [4.78, 5) is 10.9. The fraction of sp³-hybridized carbons (Fsp3) is 0.889. The van der Waals surface area contributed by atoms with Gasteiger partial charge in [0.2, 0.25) is 5.91 Å². The minimum atomic E-state index is -1.32. The predicted molar refractivity (Wildman–Crippen MR) is 52.4 cm³/mol. The number of carbonyl (C=O) groups is 1. The molecule has 7 nitrogen and oxygen atoms in total. The lowest BCUT2D eigenvalue weighted by Crippen LogP contribution is -2.64. The molecule has 0 spiro atoms. The molecule has 16 heavy (non-hydrogen) atoms. The SMILES string of the molecule is CO[C@H]1[C@H](O)[C@H](CO)O[C@@H](O)[C@H]1NC(C)=O. The van der Waals surface area contributed by atoms with E-state index in [0.717, 1.165) is 0 Å². The minimum Gasteiger partial charge on any atom is -0.394 e. The van der Waals surface area contributed by atoms with Crippen LogP contribution in [0.4, 0.5) is 0 Å². The molecule has 1 fully saturated rings. The van der Waals surface area contributed by atoms with Crippen molar-refractivity contribution in [3.63, 3.8) is 0 Å². The Bertz CT molecular complexity index is 248. The second-order valence-electron chi connectivity index (χ2n) is 3.66. The smallest absolute Gasteiger partial charge is 0.217 e. The largest absolute Gasteiger partial charge is 0.394 e. The highest BCUT2D eigenvalue weighted by atomic mass is 16.6. The molecule has 0 aromatic heterocycles. The molecule has 1 saturated heterocycles. The number of amides is 1. The molecule has 5 atom stereocenters. The number of aliphatic hydroxyl groups excluding tert-OH is 3. The first-order valence-electron chi connectivity index (χ1n) is 4.93. The molecule has 4 N–H and O–H groups in total. The molecular formula is C9H17NO6. The van der Waals surface area contributed by atoms with Gasteiger partial charge in [0.1, 0.15) is 24.4 Å². The molecule has 0 bridgehead atoms. The van der Waals surface area contributed by atoms with Crippen LogP contribution in [0.2, 0.25) is 0 Å². The predicted octanol–water partition coefficient (Wildman–Crippen LogP) is -2.42. The molecule has 0 unspecified atom stereocenters. The van der Waals surface area contributed by atoms with Gasteiger partial charge in [0, 0.05) is 14.0 Å². The molecule has 0 radical (unpaired) electrons. The first-order valence-corrected chi connectivity index (χ1v) is 4.93.